The third kappa shape index (κ3) is 2.97. The molecule has 1 aromatic rings. The Labute approximate surface area is 123 Å². The lowest BCUT2D eigenvalue weighted by Gasteiger charge is -2.35. The van der Waals surface area contributed by atoms with Crippen LogP contribution in [0.15, 0.2) is 22.7 Å². The van der Waals surface area contributed by atoms with E-state index in [0.717, 1.165) is 22.2 Å². The molecule has 2 nitrogen and oxygen atoms in total. The SMILES string of the molecule is NC1CC(C2CCCCCC2)Oc2ccc(Br)cc21. The minimum absolute atomic E-state index is 0.120. The maximum Gasteiger partial charge on any atom is 0.124 e. The molecule has 0 bridgehead atoms. The number of benzene rings is 1. The molecule has 1 saturated carbocycles. The van der Waals surface area contributed by atoms with Gasteiger partial charge < -0.3 is 10.5 Å². The number of hydrogen-bond acceptors (Lipinski definition) is 2. The van der Waals surface area contributed by atoms with Crippen molar-refractivity contribution < 1.29 is 4.74 Å². The van der Waals surface area contributed by atoms with Crippen molar-refractivity contribution in [1.82, 2.24) is 0 Å². The van der Waals surface area contributed by atoms with Crippen molar-refractivity contribution in [3.63, 3.8) is 0 Å². The van der Waals surface area contributed by atoms with E-state index < -0.39 is 0 Å². The Balaban J connectivity index is 1.78. The Kier molecular flexibility index (Phi) is 4.13. The van der Waals surface area contributed by atoms with E-state index in [0.29, 0.717) is 12.0 Å². The van der Waals surface area contributed by atoms with Crippen LogP contribution in [0, 0.1) is 5.92 Å². The maximum absolute atomic E-state index is 6.35. The fraction of sp³-hybridized carbons (Fsp3) is 0.625. The van der Waals surface area contributed by atoms with Crippen LogP contribution in [0.4, 0.5) is 0 Å². The molecule has 2 N–H and O–H groups in total. The van der Waals surface area contributed by atoms with Crippen LogP contribution in [0.25, 0.3) is 0 Å². The summed E-state index contributed by atoms with van der Waals surface area (Å²) in [6, 6.07) is 6.32. The normalized spacial score (nSPS) is 28.3. The first kappa shape index (κ1) is 13.4. The van der Waals surface area contributed by atoms with Crippen molar-refractivity contribution in [2.45, 2.75) is 57.1 Å². The zero-order chi connectivity index (χ0) is 13.2. The van der Waals surface area contributed by atoms with Crippen LogP contribution in [-0.4, -0.2) is 6.10 Å². The molecule has 2 aliphatic rings. The minimum Gasteiger partial charge on any atom is -0.490 e. The number of nitrogens with two attached hydrogens (primary N) is 1. The molecule has 1 aromatic carbocycles. The largest absolute Gasteiger partial charge is 0.490 e. The summed E-state index contributed by atoms with van der Waals surface area (Å²) < 4.78 is 7.33. The summed E-state index contributed by atoms with van der Waals surface area (Å²) in [5.41, 5.74) is 7.50. The van der Waals surface area contributed by atoms with Crippen molar-refractivity contribution in [3.8, 4) is 5.75 Å². The molecule has 3 heteroatoms. The van der Waals surface area contributed by atoms with Crippen LogP contribution in [-0.2, 0) is 0 Å². The molecule has 0 amide bonds. The Morgan fingerprint density at radius 1 is 1.11 bits per heavy atom. The van der Waals surface area contributed by atoms with Crippen molar-refractivity contribution in [1.29, 1.82) is 0 Å². The van der Waals surface area contributed by atoms with E-state index in [1.807, 2.05) is 6.07 Å². The van der Waals surface area contributed by atoms with Crippen molar-refractivity contribution in [3.05, 3.63) is 28.2 Å². The van der Waals surface area contributed by atoms with Crippen LogP contribution in [0.1, 0.15) is 56.6 Å². The zero-order valence-corrected chi connectivity index (χ0v) is 12.9. The van der Waals surface area contributed by atoms with Crippen LogP contribution in [0.5, 0.6) is 5.75 Å². The summed E-state index contributed by atoms with van der Waals surface area (Å²) in [5, 5.41) is 0. The number of halogens is 1. The molecule has 1 fully saturated rings. The van der Waals surface area contributed by atoms with Crippen LogP contribution in [0.2, 0.25) is 0 Å². The fourth-order valence-corrected chi connectivity index (χ4v) is 3.86. The minimum atomic E-state index is 0.120. The standard InChI is InChI=1S/C16H22BrNO/c17-12-7-8-15-13(9-12)14(18)10-16(19-15)11-5-3-1-2-4-6-11/h7-9,11,14,16H,1-6,10,18H2. The molecule has 2 unspecified atom stereocenters. The van der Waals surface area contributed by atoms with E-state index in [2.05, 4.69) is 28.1 Å². The van der Waals surface area contributed by atoms with Gasteiger partial charge in [-0.05, 0) is 37.0 Å². The van der Waals surface area contributed by atoms with Gasteiger partial charge in [-0.15, -0.1) is 0 Å². The first-order valence-electron chi connectivity index (χ1n) is 7.46. The molecule has 3 rings (SSSR count). The van der Waals surface area contributed by atoms with Gasteiger partial charge in [0.15, 0.2) is 0 Å². The highest BCUT2D eigenvalue weighted by molar-refractivity contribution is 9.10. The molecule has 2 atom stereocenters. The Bertz CT molecular complexity index is 440. The first-order chi connectivity index (χ1) is 9.24. The van der Waals surface area contributed by atoms with Gasteiger partial charge in [-0.25, -0.2) is 0 Å². The lowest BCUT2D eigenvalue weighted by molar-refractivity contribution is 0.0905. The second kappa shape index (κ2) is 5.84. The highest BCUT2D eigenvalue weighted by atomic mass is 79.9. The van der Waals surface area contributed by atoms with E-state index >= 15 is 0 Å². The van der Waals surface area contributed by atoms with E-state index in [4.69, 9.17) is 10.5 Å². The van der Waals surface area contributed by atoms with Gasteiger partial charge in [0.25, 0.3) is 0 Å². The monoisotopic (exact) mass is 323 g/mol. The van der Waals surface area contributed by atoms with Crippen molar-refractivity contribution in [2.24, 2.45) is 11.7 Å². The number of rotatable bonds is 1. The van der Waals surface area contributed by atoms with Crippen LogP contribution < -0.4 is 10.5 Å². The van der Waals surface area contributed by atoms with Gasteiger partial charge >= 0.3 is 0 Å². The molecular formula is C16H22BrNO. The predicted molar refractivity (Wildman–Crippen MR) is 81.3 cm³/mol. The van der Waals surface area contributed by atoms with E-state index in [1.54, 1.807) is 0 Å². The van der Waals surface area contributed by atoms with E-state index in [-0.39, 0.29) is 6.04 Å². The highest BCUT2D eigenvalue weighted by Gasteiger charge is 2.32. The van der Waals surface area contributed by atoms with Gasteiger partial charge in [-0.3, -0.25) is 0 Å². The topological polar surface area (TPSA) is 35.2 Å². The highest BCUT2D eigenvalue weighted by Crippen LogP contribution is 2.39. The zero-order valence-electron chi connectivity index (χ0n) is 11.3. The van der Waals surface area contributed by atoms with Gasteiger partial charge in [-0.2, -0.15) is 0 Å². The van der Waals surface area contributed by atoms with Crippen LogP contribution in [0.3, 0.4) is 0 Å². The molecule has 0 saturated heterocycles. The van der Waals surface area contributed by atoms with E-state index in [9.17, 15) is 0 Å². The quantitative estimate of drug-likeness (QED) is 0.768. The summed E-state index contributed by atoms with van der Waals surface area (Å²) in [6.07, 6.45) is 9.39. The average molecular weight is 324 g/mol. The Morgan fingerprint density at radius 2 is 1.84 bits per heavy atom. The molecule has 1 aliphatic heterocycles. The molecule has 19 heavy (non-hydrogen) atoms. The van der Waals surface area contributed by atoms with Gasteiger partial charge in [0, 0.05) is 22.5 Å². The summed E-state index contributed by atoms with van der Waals surface area (Å²) in [5.74, 6) is 1.70. The average Bonchev–Trinajstić information content (AvgIpc) is 2.68. The third-order valence-corrected chi connectivity index (χ3v) is 5.05. The summed E-state index contributed by atoms with van der Waals surface area (Å²) in [6.45, 7) is 0. The molecule has 0 aromatic heterocycles. The van der Waals surface area contributed by atoms with Gasteiger partial charge in [-0.1, -0.05) is 41.6 Å². The Hall–Kier alpha value is -0.540. The van der Waals surface area contributed by atoms with Crippen molar-refractivity contribution >= 4 is 15.9 Å². The molecule has 0 radical (unpaired) electrons. The second-order valence-corrected chi connectivity index (χ2v) is 6.85. The second-order valence-electron chi connectivity index (χ2n) is 5.93. The molecule has 1 aliphatic carbocycles. The number of hydrogen-bond donors (Lipinski definition) is 1. The lowest BCUT2D eigenvalue weighted by Crippen LogP contribution is -2.35. The lowest BCUT2D eigenvalue weighted by atomic mass is 9.86. The number of fused-ring (bicyclic) bond motifs is 1. The van der Waals surface area contributed by atoms with Gasteiger partial charge in [0.05, 0.1) is 0 Å². The summed E-state index contributed by atoms with van der Waals surface area (Å²) in [7, 11) is 0. The fourth-order valence-electron chi connectivity index (χ4n) is 3.48. The third-order valence-electron chi connectivity index (χ3n) is 4.56. The predicted octanol–water partition coefficient (Wildman–Crippen LogP) is 4.57. The van der Waals surface area contributed by atoms with Crippen LogP contribution >= 0.6 is 15.9 Å². The molecule has 104 valence electrons. The molecule has 1 heterocycles. The number of ether oxygens (including phenoxy) is 1. The summed E-state index contributed by atoms with van der Waals surface area (Å²) >= 11 is 3.51. The maximum atomic E-state index is 6.35. The molecule has 0 spiro atoms. The van der Waals surface area contributed by atoms with Gasteiger partial charge in [0.1, 0.15) is 11.9 Å². The van der Waals surface area contributed by atoms with Crippen molar-refractivity contribution in [2.75, 3.05) is 0 Å². The molecular weight excluding hydrogens is 302 g/mol. The first-order valence-corrected chi connectivity index (χ1v) is 8.25. The van der Waals surface area contributed by atoms with Gasteiger partial charge in [0.2, 0.25) is 0 Å². The Morgan fingerprint density at radius 3 is 2.58 bits per heavy atom. The smallest absolute Gasteiger partial charge is 0.124 e. The van der Waals surface area contributed by atoms with E-state index in [1.165, 1.54) is 38.5 Å². The summed E-state index contributed by atoms with van der Waals surface area (Å²) in [4.78, 5) is 0.